The van der Waals surface area contributed by atoms with E-state index in [-0.39, 0.29) is 0 Å². The Labute approximate surface area is 84.7 Å². The Morgan fingerprint density at radius 2 is 2.23 bits per heavy atom. The third-order valence-electron chi connectivity index (χ3n) is 1.51. The van der Waals surface area contributed by atoms with E-state index in [1.165, 1.54) is 12.2 Å². The summed E-state index contributed by atoms with van der Waals surface area (Å²) in [6.07, 6.45) is 4.46. The number of hydrogen-bond donors (Lipinski definition) is 3. The van der Waals surface area contributed by atoms with Crippen molar-refractivity contribution in [3.63, 3.8) is 0 Å². The zero-order chi connectivity index (χ0) is 9.94. The molecule has 0 amide bonds. The molecule has 5 heteroatoms. The number of nitrogens with two attached hydrogens (primary N) is 1. The summed E-state index contributed by atoms with van der Waals surface area (Å²) in [6.45, 7) is 3.70. The van der Waals surface area contributed by atoms with Gasteiger partial charge in [-0.2, -0.15) is 11.8 Å². The molecule has 0 heterocycles. The van der Waals surface area contributed by atoms with Gasteiger partial charge in [0.25, 0.3) is 0 Å². The second-order valence-corrected chi connectivity index (χ2v) is 3.59. The molecule has 4 nitrogen and oxygen atoms in total. The van der Waals surface area contributed by atoms with Crippen molar-refractivity contribution in [3.05, 3.63) is 0 Å². The summed E-state index contributed by atoms with van der Waals surface area (Å²) in [5.74, 6) is 7.15. The fraction of sp³-hybridized carbons (Fsp3) is 0.875. The lowest BCUT2D eigenvalue weighted by Crippen LogP contribution is -2.41. The minimum Gasteiger partial charge on any atom is -0.356 e. The molecule has 0 saturated heterocycles. The Bertz CT molecular complexity index is 138. The van der Waals surface area contributed by atoms with Crippen molar-refractivity contribution in [1.29, 1.82) is 0 Å². The number of thioether (sulfide) groups is 1. The van der Waals surface area contributed by atoms with Crippen molar-refractivity contribution in [2.24, 2.45) is 10.8 Å². The molecule has 0 bridgehead atoms. The number of nitrogens with zero attached hydrogens (tertiary/aromatic N) is 1. The minimum atomic E-state index is 0.687. The minimum absolute atomic E-state index is 0.687. The highest BCUT2D eigenvalue weighted by molar-refractivity contribution is 7.98. The average Bonchev–Trinajstić information content (AvgIpc) is 2.16. The summed E-state index contributed by atoms with van der Waals surface area (Å²) in [5, 5.41) is 3.03. The second-order valence-electron chi connectivity index (χ2n) is 2.60. The van der Waals surface area contributed by atoms with Crippen LogP contribution in [0.5, 0.6) is 0 Å². The summed E-state index contributed by atoms with van der Waals surface area (Å²) in [5.41, 5.74) is 2.53. The molecule has 0 saturated carbocycles. The van der Waals surface area contributed by atoms with Crippen LogP contribution >= 0.6 is 11.8 Å². The maximum Gasteiger partial charge on any atom is 0.205 e. The molecule has 0 spiro atoms. The highest BCUT2D eigenvalue weighted by Gasteiger charge is 1.91. The molecule has 0 aliphatic heterocycles. The number of guanidine groups is 1. The molecule has 0 aromatic heterocycles. The van der Waals surface area contributed by atoms with Gasteiger partial charge in [-0.25, -0.2) is 5.84 Å². The zero-order valence-electron chi connectivity index (χ0n) is 8.47. The lowest BCUT2D eigenvalue weighted by Gasteiger charge is -2.05. The number of hydrogen-bond acceptors (Lipinski definition) is 3. The fourth-order valence-electron chi connectivity index (χ4n) is 0.869. The lowest BCUT2D eigenvalue weighted by molar-refractivity contribution is 0.788. The SMILES string of the molecule is CCNC(=NCCCCSC)NN. The van der Waals surface area contributed by atoms with Crippen LogP contribution in [0.1, 0.15) is 19.8 Å². The van der Waals surface area contributed by atoms with Gasteiger partial charge in [0, 0.05) is 13.1 Å². The van der Waals surface area contributed by atoms with Gasteiger partial charge in [0.05, 0.1) is 0 Å². The summed E-state index contributed by atoms with van der Waals surface area (Å²) in [6, 6.07) is 0. The molecule has 0 aliphatic rings. The van der Waals surface area contributed by atoms with Gasteiger partial charge in [-0.05, 0) is 31.8 Å². The number of hydrazine groups is 1. The van der Waals surface area contributed by atoms with Crippen LogP contribution < -0.4 is 16.6 Å². The van der Waals surface area contributed by atoms with E-state index in [0.29, 0.717) is 5.96 Å². The third kappa shape index (κ3) is 7.93. The molecular formula is C8H20N4S. The summed E-state index contributed by atoms with van der Waals surface area (Å²) < 4.78 is 0. The predicted molar refractivity (Wildman–Crippen MR) is 60.9 cm³/mol. The Hall–Kier alpha value is -0.420. The molecule has 0 radical (unpaired) electrons. The number of unbranched alkanes of at least 4 members (excludes halogenated alkanes) is 1. The van der Waals surface area contributed by atoms with Gasteiger partial charge in [-0.3, -0.25) is 10.4 Å². The zero-order valence-corrected chi connectivity index (χ0v) is 9.28. The van der Waals surface area contributed by atoms with E-state index in [9.17, 15) is 0 Å². The van der Waals surface area contributed by atoms with Crippen LogP contribution in [0, 0.1) is 0 Å². The first-order valence-corrected chi connectivity index (χ1v) is 5.98. The number of nitrogens with one attached hydrogen (secondary N) is 2. The van der Waals surface area contributed by atoms with E-state index in [0.717, 1.165) is 19.5 Å². The maximum absolute atomic E-state index is 5.25. The van der Waals surface area contributed by atoms with Crippen LogP contribution in [0.25, 0.3) is 0 Å². The third-order valence-corrected chi connectivity index (χ3v) is 2.20. The first kappa shape index (κ1) is 12.6. The molecule has 0 aromatic rings. The van der Waals surface area contributed by atoms with Crippen molar-refractivity contribution in [1.82, 2.24) is 10.7 Å². The van der Waals surface area contributed by atoms with Crippen molar-refractivity contribution >= 4 is 17.7 Å². The normalized spacial score (nSPS) is 11.5. The largest absolute Gasteiger partial charge is 0.356 e. The van der Waals surface area contributed by atoms with Crippen molar-refractivity contribution in [3.8, 4) is 0 Å². The van der Waals surface area contributed by atoms with Crippen LogP contribution in [-0.2, 0) is 0 Å². The molecule has 13 heavy (non-hydrogen) atoms. The van der Waals surface area contributed by atoms with Crippen LogP contribution in [0.4, 0.5) is 0 Å². The molecule has 0 rings (SSSR count). The second kappa shape index (κ2) is 9.67. The van der Waals surface area contributed by atoms with Crippen molar-refractivity contribution in [2.45, 2.75) is 19.8 Å². The topological polar surface area (TPSA) is 62.4 Å². The van der Waals surface area contributed by atoms with E-state index >= 15 is 0 Å². The summed E-state index contributed by atoms with van der Waals surface area (Å²) in [4.78, 5) is 4.26. The van der Waals surface area contributed by atoms with Gasteiger partial charge in [-0.1, -0.05) is 0 Å². The average molecular weight is 204 g/mol. The van der Waals surface area contributed by atoms with E-state index in [4.69, 9.17) is 5.84 Å². The van der Waals surface area contributed by atoms with E-state index in [2.05, 4.69) is 22.0 Å². The number of aliphatic imine (C=N–C) groups is 1. The van der Waals surface area contributed by atoms with Crippen molar-refractivity contribution in [2.75, 3.05) is 25.1 Å². The Morgan fingerprint density at radius 3 is 2.77 bits per heavy atom. The van der Waals surface area contributed by atoms with Gasteiger partial charge < -0.3 is 5.32 Å². The van der Waals surface area contributed by atoms with E-state index in [1.54, 1.807) is 0 Å². The first-order chi connectivity index (χ1) is 6.35. The van der Waals surface area contributed by atoms with Gasteiger partial charge in [0.1, 0.15) is 0 Å². The maximum atomic E-state index is 5.25. The quantitative estimate of drug-likeness (QED) is 0.194. The summed E-state index contributed by atoms with van der Waals surface area (Å²) >= 11 is 1.87. The molecule has 4 N–H and O–H groups in total. The van der Waals surface area contributed by atoms with E-state index in [1.807, 2.05) is 18.7 Å². The van der Waals surface area contributed by atoms with E-state index < -0.39 is 0 Å². The smallest absolute Gasteiger partial charge is 0.205 e. The fourth-order valence-corrected chi connectivity index (χ4v) is 1.36. The Kier molecular flexibility index (Phi) is 9.35. The van der Waals surface area contributed by atoms with Crippen LogP contribution in [-0.4, -0.2) is 31.1 Å². The highest BCUT2D eigenvalue weighted by atomic mass is 32.2. The standard InChI is InChI=1S/C8H20N4S/c1-3-10-8(12-9)11-6-4-5-7-13-2/h3-7,9H2,1-2H3,(H2,10,11,12). The number of rotatable bonds is 6. The Morgan fingerprint density at radius 1 is 1.46 bits per heavy atom. The molecule has 0 aliphatic carbocycles. The van der Waals surface area contributed by atoms with Crippen molar-refractivity contribution < 1.29 is 0 Å². The highest BCUT2D eigenvalue weighted by Crippen LogP contribution is 1.98. The molecule has 0 aromatic carbocycles. The van der Waals surface area contributed by atoms with Crippen LogP contribution in [0.3, 0.4) is 0 Å². The molecule has 78 valence electrons. The van der Waals surface area contributed by atoms with Gasteiger partial charge >= 0.3 is 0 Å². The molecule has 0 unspecified atom stereocenters. The first-order valence-electron chi connectivity index (χ1n) is 4.59. The lowest BCUT2D eigenvalue weighted by atomic mass is 10.3. The monoisotopic (exact) mass is 204 g/mol. The van der Waals surface area contributed by atoms with Gasteiger partial charge in [-0.15, -0.1) is 0 Å². The Balaban J connectivity index is 3.42. The van der Waals surface area contributed by atoms with Gasteiger partial charge in [0.2, 0.25) is 5.96 Å². The predicted octanol–water partition coefficient (Wildman–Crippen LogP) is 0.558. The van der Waals surface area contributed by atoms with Crippen LogP contribution in [0.2, 0.25) is 0 Å². The summed E-state index contributed by atoms with van der Waals surface area (Å²) in [7, 11) is 0. The molecular weight excluding hydrogens is 184 g/mol. The molecule has 0 fully saturated rings. The van der Waals surface area contributed by atoms with Crippen LogP contribution in [0.15, 0.2) is 4.99 Å². The van der Waals surface area contributed by atoms with Gasteiger partial charge in [0.15, 0.2) is 0 Å². The molecule has 0 atom stereocenters.